The second kappa shape index (κ2) is 24.3. The van der Waals surface area contributed by atoms with Crippen LogP contribution in [0.3, 0.4) is 0 Å². The quantitative estimate of drug-likeness (QED) is 0.0974. The first-order valence-electron chi connectivity index (χ1n) is 13.5. The van der Waals surface area contributed by atoms with Crippen LogP contribution in [0.5, 0.6) is 0 Å². The molecule has 202 valence electrons. The summed E-state index contributed by atoms with van der Waals surface area (Å²) in [6, 6.07) is 0. The lowest BCUT2D eigenvalue weighted by Gasteiger charge is -2.22. The highest BCUT2D eigenvalue weighted by atomic mass is 35.5. The van der Waals surface area contributed by atoms with Gasteiger partial charge in [-0.15, -0.1) is 0 Å². The third-order valence-corrected chi connectivity index (χ3v) is 6.73. The Balaban J connectivity index is 0. The van der Waals surface area contributed by atoms with Gasteiger partial charge in [0.15, 0.2) is 0 Å². The summed E-state index contributed by atoms with van der Waals surface area (Å²) in [6.07, 6.45) is 25.7. The van der Waals surface area contributed by atoms with Gasteiger partial charge in [0.1, 0.15) is 0 Å². The SMILES string of the molecule is CCCCCCCCN(CCCCCCCC)CCCCCCCC.FC(F)(Cl)C(F)(Cl)Cl. The molecule has 0 N–H and O–H groups in total. The van der Waals surface area contributed by atoms with E-state index >= 15 is 0 Å². The Morgan fingerprint density at radius 3 is 0.879 bits per heavy atom. The van der Waals surface area contributed by atoms with E-state index in [9.17, 15) is 13.2 Å². The molecule has 33 heavy (non-hydrogen) atoms. The minimum atomic E-state index is -4.23. The number of unbranched alkanes of at least 4 members (excludes halogenated alkanes) is 15. The molecule has 0 atom stereocenters. The molecule has 0 rings (SSSR count). The highest BCUT2D eigenvalue weighted by molar-refractivity contribution is 6.51. The first kappa shape index (κ1) is 35.8. The van der Waals surface area contributed by atoms with Crippen molar-refractivity contribution in [3.63, 3.8) is 0 Å². The molecule has 0 aliphatic heterocycles. The van der Waals surface area contributed by atoms with E-state index in [0.717, 1.165) is 0 Å². The van der Waals surface area contributed by atoms with E-state index in [2.05, 4.69) is 60.5 Å². The van der Waals surface area contributed by atoms with E-state index in [4.69, 9.17) is 0 Å². The number of rotatable bonds is 22. The van der Waals surface area contributed by atoms with Crippen LogP contribution in [-0.4, -0.2) is 34.5 Å². The average Bonchev–Trinajstić information content (AvgIpc) is 2.74. The van der Waals surface area contributed by atoms with Gasteiger partial charge in [0.2, 0.25) is 0 Å². The molecule has 0 unspecified atom stereocenters. The van der Waals surface area contributed by atoms with Crippen LogP contribution in [0.4, 0.5) is 13.2 Å². The van der Waals surface area contributed by atoms with Crippen molar-refractivity contribution in [2.45, 2.75) is 146 Å². The Kier molecular flexibility index (Phi) is 26.4. The predicted molar refractivity (Wildman–Crippen MR) is 143 cm³/mol. The molecule has 0 bridgehead atoms. The highest BCUT2D eigenvalue weighted by Gasteiger charge is 2.51. The van der Waals surface area contributed by atoms with Crippen LogP contribution in [0.15, 0.2) is 0 Å². The van der Waals surface area contributed by atoms with Crippen LogP contribution in [0.1, 0.15) is 136 Å². The third-order valence-electron chi connectivity index (χ3n) is 5.81. The fraction of sp³-hybridized carbons (Fsp3) is 1.00. The minimum absolute atomic E-state index is 1.36. The van der Waals surface area contributed by atoms with Gasteiger partial charge in [-0.3, -0.25) is 0 Å². The van der Waals surface area contributed by atoms with Gasteiger partial charge < -0.3 is 4.90 Å². The van der Waals surface area contributed by atoms with E-state index in [0.29, 0.717) is 0 Å². The summed E-state index contributed by atoms with van der Waals surface area (Å²) in [5, 5.41) is -4.23. The molecule has 0 aromatic heterocycles. The van der Waals surface area contributed by atoms with E-state index in [-0.39, 0.29) is 0 Å². The summed E-state index contributed by atoms with van der Waals surface area (Å²) >= 11 is 12.5. The lowest BCUT2D eigenvalue weighted by molar-refractivity contribution is 0.0241. The van der Waals surface area contributed by atoms with Crippen LogP contribution >= 0.6 is 34.8 Å². The Labute approximate surface area is 218 Å². The monoisotopic (exact) mass is 539 g/mol. The van der Waals surface area contributed by atoms with Crippen molar-refractivity contribution in [3.8, 4) is 0 Å². The molecule has 0 aromatic carbocycles. The van der Waals surface area contributed by atoms with Crippen molar-refractivity contribution in [3.05, 3.63) is 0 Å². The first-order chi connectivity index (χ1) is 15.6. The standard InChI is InChI=1S/C24H51N.C2Cl3F3/c1-4-7-10-13-16-19-22-25(23-20-17-14-11-8-5-2)24-21-18-15-12-9-6-3;3-1(4,6)2(5,7)8/h4-24H2,1-3H3;. The molecule has 0 aromatic rings. The molecule has 7 heteroatoms. The van der Waals surface area contributed by atoms with Crippen molar-refractivity contribution in [2.24, 2.45) is 0 Å². The minimum Gasteiger partial charge on any atom is -0.303 e. The largest absolute Gasteiger partial charge is 0.383 e. The zero-order valence-electron chi connectivity index (χ0n) is 21.6. The van der Waals surface area contributed by atoms with Gasteiger partial charge in [-0.1, -0.05) is 140 Å². The van der Waals surface area contributed by atoms with Crippen molar-refractivity contribution < 1.29 is 13.2 Å². The molecule has 0 saturated heterocycles. The second-order valence-electron chi connectivity index (χ2n) is 9.14. The summed E-state index contributed by atoms with van der Waals surface area (Å²) in [7, 11) is 0. The molecule has 0 fully saturated rings. The number of alkyl halides is 6. The van der Waals surface area contributed by atoms with Crippen LogP contribution in [0.25, 0.3) is 0 Å². The van der Waals surface area contributed by atoms with Crippen LogP contribution < -0.4 is 0 Å². The van der Waals surface area contributed by atoms with E-state index in [1.54, 1.807) is 0 Å². The van der Waals surface area contributed by atoms with Crippen molar-refractivity contribution in [2.75, 3.05) is 19.6 Å². The average molecular weight is 541 g/mol. The van der Waals surface area contributed by atoms with E-state index in [1.165, 1.54) is 135 Å². The third kappa shape index (κ3) is 27.1. The molecule has 1 nitrogen and oxygen atoms in total. The number of halogens is 6. The molecular formula is C26H51Cl3F3N. The predicted octanol–water partition coefficient (Wildman–Crippen LogP) is 11.3. The second-order valence-corrected chi connectivity index (χ2v) is 10.9. The molecule has 0 aliphatic rings. The number of hydrogen-bond donors (Lipinski definition) is 0. The van der Waals surface area contributed by atoms with E-state index in [1.807, 2.05) is 0 Å². The summed E-state index contributed by atoms with van der Waals surface area (Å²) in [4.78, 5) is 2.79. The van der Waals surface area contributed by atoms with Gasteiger partial charge in [0, 0.05) is 0 Å². The topological polar surface area (TPSA) is 3.24 Å². The smallest absolute Gasteiger partial charge is 0.303 e. The lowest BCUT2D eigenvalue weighted by atomic mass is 10.1. The van der Waals surface area contributed by atoms with Crippen molar-refractivity contribution in [1.82, 2.24) is 4.90 Å². The van der Waals surface area contributed by atoms with Crippen LogP contribution in [0, 0.1) is 0 Å². The molecule has 0 amide bonds. The van der Waals surface area contributed by atoms with Gasteiger partial charge in [-0.2, -0.15) is 13.2 Å². The number of nitrogens with zero attached hydrogens (tertiary/aromatic N) is 1. The van der Waals surface area contributed by atoms with Crippen molar-refractivity contribution in [1.29, 1.82) is 0 Å². The summed E-state index contributed by atoms with van der Waals surface area (Å²) in [5.41, 5.74) is 0. The molecule has 0 saturated carbocycles. The fourth-order valence-electron chi connectivity index (χ4n) is 3.68. The van der Waals surface area contributed by atoms with Gasteiger partial charge in [0.05, 0.1) is 0 Å². The van der Waals surface area contributed by atoms with Gasteiger partial charge in [-0.05, 0) is 50.5 Å². The highest BCUT2D eigenvalue weighted by Crippen LogP contribution is 2.42. The Hall–Kier alpha value is 0.620. The van der Waals surface area contributed by atoms with E-state index < -0.39 is 9.97 Å². The fourth-order valence-corrected chi connectivity index (χ4v) is 3.68. The summed E-state index contributed by atoms with van der Waals surface area (Å²) in [6.45, 7) is 11.0. The molecule has 0 radical (unpaired) electrons. The molecule has 0 aliphatic carbocycles. The Bertz CT molecular complexity index is 338. The maximum absolute atomic E-state index is 11.5. The van der Waals surface area contributed by atoms with Crippen molar-refractivity contribution >= 4 is 34.8 Å². The maximum Gasteiger partial charge on any atom is 0.383 e. The van der Waals surface area contributed by atoms with Gasteiger partial charge in [0.25, 0.3) is 0 Å². The molecule has 0 heterocycles. The summed E-state index contributed by atoms with van der Waals surface area (Å²) < 4.78 is 30.6. The summed E-state index contributed by atoms with van der Waals surface area (Å²) in [5.74, 6) is 0. The van der Waals surface area contributed by atoms with Gasteiger partial charge in [-0.25, -0.2) is 0 Å². The lowest BCUT2D eigenvalue weighted by Crippen LogP contribution is -2.27. The first-order valence-corrected chi connectivity index (χ1v) is 14.6. The molecular weight excluding hydrogens is 490 g/mol. The Morgan fingerprint density at radius 1 is 0.455 bits per heavy atom. The van der Waals surface area contributed by atoms with Crippen LogP contribution in [-0.2, 0) is 0 Å². The number of hydrogen-bond acceptors (Lipinski definition) is 1. The zero-order valence-corrected chi connectivity index (χ0v) is 23.8. The normalized spacial score (nSPS) is 12.2. The zero-order chi connectivity index (χ0) is 25.4. The van der Waals surface area contributed by atoms with Crippen LogP contribution in [0.2, 0.25) is 0 Å². The van der Waals surface area contributed by atoms with Gasteiger partial charge >= 0.3 is 9.97 Å². The Morgan fingerprint density at radius 2 is 0.667 bits per heavy atom. The maximum atomic E-state index is 11.5. The molecule has 0 spiro atoms.